The largest absolute Gasteiger partial charge is 0.206 e. The lowest BCUT2D eigenvalue weighted by Crippen LogP contribution is -2.16. The zero-order chi connectivity index (χ0) is 25.1. The summed E-state index contributed by atoms with van der Waals surface area (Å²) in [4.78, 5) is 0. The van der Waals surface area contributed by atoms with E-state index in [1.54, 1.807) is 18.2 Å². The van der Waals surface area contributed by atoms with Crippen molar-refractivity contribution in [3.05, 3.63) is 94.1 Å². The second kappa shape index (κ2) is 10.9. The lowest BCUT2D eigenvalue weighted by atomic mass is 9.76. The summed E-state index contributed by atoms with van der Waals surface area (Å²) in [5.74, 6) is -5.95. The topological polar surface area (TPSA) is 0 Å². The predicted octanol–water partition coefficient (Wildman–Crippen LogP) is 9.05. The molecule has 3 aromatic carbocycles. The molecule has 1 fully saturated rings. The summed E-state index contributed by atoms with van der Waals surface area (Å²) in [5.41, 5.74) is 1.60. The van der Waals surface area contributed by atoms with Gasteiger partial charge in [0.25, 0.3) is 0 Å². The molecule has 1 aliphatic carbocycles. The van der Waals surface area contributed by atoms with Crippen LogP contribution < -0.4 is 0 Å². The second-order valence-corrected chi connectivity index (χ2v) is 9.52. The van der Waals surface area contributed by atoms with Crippen LogP contribution in [0.4, 0.5) is 26.3 Å². The van der Waals surface area contributed by atoms with Crippen molar-refractivity contribution < 1.29 is 26.3 Å². The summed E-state index contributed by atoms with van der Waals surface area (Å²) in [5, 5.41) is 0. The molecule has 186 valence electrons. The summed E-state index contributed by atoms with van der Waals surface area (Å²) >= 11 is 0. The van der Waals surface area contributed by atoms with Crippen molar-refractivity contribution in [2.24, 2.45) is 5.92 Å². The molecule has 0 nitrogen and oxygen atoms in total. The Kier molecular flexibility index (Phi) is 7.88. The molecule has 1 saturated carbocycles. The van der Waals surface area contributed by atoms with E-state index in [2.05, 4.69) is 0 Å². The summed E-state index contributed by atoms with van der Waals surface area (Å²) in [7, 11) is 0. The number of rotatable bonds is 7. The van der Waals surface area contributed by atoms with E-state index >= 15 is 0 Å². The van der Waals surface area contributed by atoms with Gasteiger partial charge >= 0.3 is 0 Å². The first-order valence-corrected chi connectivity index (χ1v) is 12.2. The fourth-order valence-electron chi connectivity index (χ4n) is 5.17. The Bertz CT molecular complexity index is 1170. The predicted molar refractivity (Wildman–Crippen MR) is 125 cm³/mol. The molecule has 0 heterocycles. The minimum atomic E-state index is -1.58. The van der Waals surface area contributed by atoms with Crippen LogP contribution in [0.15, 0.2) is 42.5 Å². The molecule has 0 amide bonds. The first-order chi connectivity index (χ1) is 16.8. The van der Waals surface area contributed by atoms with Crippen molar-refractivity contribution >= 4 is 0 Å². The Balaban J connectivity index is 1.35. The smallest absolute Gasteiger partial charge is 0.194 e. The number of hydrogen-bond donors (Lipinski definition) is 0. The van der Waals surface area contributed by atoms with Crippen LogP contribution in [0.1, 0.15) is 68.1 Å². The number of halogens is 6. The highest BCUT2D eigenvalue weighted by molar-refractivity contribution is 5.64. The monoisotopic (exact) mass is 490 g/mol. The van der Waals surface area contributed by atoms with Crippen molar-refractivity contribution in [3.63, 3.8) is 0 Å². The lowest BCUT2D eigenvalue weighted by molar-refractivity contribution is 0.304. The van der Waals surface area contributed by atoms with Crippen molar-refractivity contribution in [2.75, 3.05) is 0 Å². The van der Waals surface area contributed by atoms with Crippen LogP contribution in [0, 0.1) is 40.8 Å². The van der Waals surface area contributed by atoms with Gasteiger partial charge in [0, 0.05) is 5.56 Å². The highest BCUT2D eigenvalue weighted by Gasteiger charge is 2.26. The van der Waals surface area contributed by atoms with Gasteiger partial charge in [-0.25, -0.2) is 26.3 Å². The minimum absolute atomic E-state index is 0.00431. The molecule has 0 saturated heterocycles. The van der Waals surface area contributed by atoms with E-state index in [1.807, 2.05) is 6.92 Å². The molecule has 0 aliphatic heterocycles. The molecule has 0 radical (unpaired) electrons. The van der Waals surface area contributed by atoms with Gasteiger partial charge in [0.1, 0.15) is 5.82 Å². The van der Waals surface area contributed by atoms with Crippen LogP contribution in [0.5, 0.6) is 0 Å². The van der Waals surface area contributed by atoms with Crippen LogP contribution in [-0.2, 0) is 12.8 Å². The van der Waals surface area contributed by atoms with Crippen LogP contribution >= 0.6 is 0 Å². The standard InChI is InChI=1S/C29H28F6/c1-2-3-20-11-13-23(28(34)27(20)33)19-9-6-17(7-10-19)4-5-18-8-12-22(24(30)14-18)21-15-25(31)29(35)26(32)16-21/h8,11-17,19H,2-7,9-10H2,1H3. The summed E-state index contributed by atoms with van der Waals surface area (Å²) in [6, 6.07) is 9.50. The van der Waals surface area contributed by atoms with Crippen LogP contribution in [0.2, 0.25) is 0 Å². The highest BCUT2D eigenvalue weighted by atomic mass is 19.2. The highest BCUT2D eigenvalue weighted by Crippen LogP contribution is 2.39. The molecular formula is C29H28F6. The van der Waals surface area contributed by atoms with Gasteiger partial charge < -0.3 is 0 Å². The van der Waals surface area contributed by atoms with Crippen LogP contribution in [0.25, 0.3) is 11.1 Å². The molecular weight excluding hydrogens is 462 g/mol. The number of aryl methyl sites for hydroxylation is 2. The third-order valence-electron chi connectivity index (χ3n) is 7.17. The maximum atomic E-state index is 14.6. The zero-order valence-corrected chi connectivity index (χ0v) is 19.6. The van der Waals surface area contributed by atoms with Gasteiger partial charge in [-0.3, -0.25) is 0 Å². The molecule has 1 aliphatic rings. The SMILES string of the molecule is CCCc1ccc(C2CCC(CCc3ccc(-c4cc(F)c(F)c(F)c4)c(F)c3)CC2)c(F)c1F. The molecule has 0 bridgehead atoms. The Morgan fingerprint density at radius 1 is 0.686 bits per heavy atom. The van der Waals surface area contributed by atoms with E-state index in [0.29, 0.717) is 29.9 Å². The van der Waals surface area contributed by atoms with Gasteiger partial charge in [-0.05, 0) is 97.2 Å². The van der Waals surface area contributed by atoms with Gasteiger partial charge in [-0.15, -0.1) is 0 Å². The molecule has 0 N–H and O–H groups in total. The molecule has 0 spiro atoms. The van der Waals surface area contributed by atoms with Crippen LogP contribution in [-0.4, -0.2) is 0 Å². The van der Waals surface area contributed by atoms with Gasteiger partial charge in [0.05, 0.1) is 0 Å². The molecule has 0 atom stereocenters. The number of benzene rings is 3. The van der Waals surface area contributed by atoms with Crippen molar-refractivity contribution in [3.8, 4) is 11.1 Å². The molecule has 6 heteroatoms. The van der Waals surface area contributed by atoms with Crippen molar-refractivity contribution in [1.29, 1.82) is 0 Å². The summed E-state index contributed by atoms with van der Waals surface area (Å²) < 4.78 is 83.8. The van der Waals surface area contributed by atoms with Gasteiger partial charge in [0.2, 0.25) is 0 Å². The van der Waals surface area contributed by atoms with E-state index in [0.717, 1.165) is 56.2 Å². The molecule has 35 heavy (non-hydrogen) atoms. The van der Waals surface area contributed by atoms with E-state index in [4.69, 9.17) is 0 Å². The average Bonchev–Trinajstić information content (AvgIpc) is 2.84. The zero-order valence-electron chi connectivity index (χ0n) is 19.6. The maximum Gasteiger partial charge on any atom is 0.194 e. The number of hydrogen-bond acceptors (Lipinski definition) is 0. The van der Waals surface area contributed by atoms with E-state index in [-0.39, 0.29) is 17.0 Å². The fourth-order valence-corrected chi connectivity index (χ4v) is 5.17. The molecule has 0 aromatic heterocycles. The minimum Gasteiger partial charge on any atom is -0.206 e. The second-order valence-electron chi connectivity index (χ2n) is 9.52. The third-order valence-corrected chi connectivity index (χ3v) is 7.17. The van der Waals surface area contributed by atoms with E-state index < -0.39 is 34.9 Å². The Morgan fingerprint density at radius 2 is 1.37 bits per heavy atom. The first kappa shape index (κ1) is 25.3. The molecule has 3 aromatic rings. The van der Waals surface area contributed by atoms with Crippen LogP contribution in [0.3, 0.4) is 0 Å². The molecule has 4 rings (SSSR count). The average molecular weight is 491 g/mol. The Hall–Kier alpha value is -2.76. The summed E-state index contributed by atoms with van der Waals surface area (Å²) in [6.45, 7) is 1.93. The lowest BCUT2D eigenvalue weighted by Gasteiger charge is -2.29. The summed E-state index contributed by atoms with van der Waals surface area (Å²) in [6.07, 6.45) is 6.08. The fraction of sp³-hybridized carbons (Fsp3) is 0.379. The maximum absolute atomic E-state index is 14.6. The normalized spacial score (nSPS) is 18.1. The third kappa shape index (κ3) is 5.57. The quantitative estimate of drug-likeness (QED) is 0.229. The van der Waals surface area contributed by atoms with Gasteiger partial charge in [-0.2, -0.15) is 0 Å². The Morgan fingerprint density at radius 3 is 2.00 bits per heavy atom. The van der Waals surface area contributed by atoms with Crippen molar-refractivity contribution in [2.45, 2.75) is 64.2 Å². The first-order valence-electron chi connectivity index (χ1n) is 12.2. The molecule has 0 unspecified atom stereocenters. The van der Waals surface area contributed by atoms with Gasteiger partial charge in [-0.1, -0.05) is 37.6 Å². The van der Waals surface area contributed by atoms with Crippen molar-refractivity contribution in [1.82, 2.24) is 0 Å². The van der Waals surface area contributed by atoms with E-state index in [1.165, 1.54) is 12.1 Å². The van der Waals surface area contributed by atoms with E-state index in [9.17, 15) is 26.3 Å². The Labute approximate surface area is 202 Å². The van der Waals surface area contributed by atoms with Gasteiger partial charge in [0.15, 0.2) is 29.1 Å².